The zero-order chi connectivity index (χ0) is 12.2. The molecule has 0 saturated heterocycles. The molecule has 0 aliphatic carbocycles. The molecule has 0 saturated carbocycles. The third-order valence-corrected chi connectivity index (χ3v) is 14.0. The molecule has 0 atom stereocenters. The van der Waals surface area contributed by atoms with Crippen LogP contribution in [0.2, 0.25) is 8.35 Å². The van der Waals surface area contributed by atoms with Gasteiger partial charge in [0, 0.05) is 0 Å². The molecular weight excluding hydrogens is 299 g/mol. The maximum atomic E-state index is 4.21. The number of hydrogen-bond donors (Lipinski definition) is 0. The van der Waals surface area contributed by atoms with Gasteiger partial charge in [-0.3, -0.25) is 0 Å². The molecule has 0 amide bonds. The average Bonchev–Trinajstić information content (AvgIpc) is 2.29. The van der Waals surface area contributed by atoms with Crippen LogP contribution in [0.5, 0.6) is 0 Å². The summed E-state index contributed by atoms with van der Waals surface area (Å²) in [5.74, 6) is 0. The average molecular weight is 326 g/mol. The summed E-state index contributed by atoms with van der Waals surface area (Å²) in [6.07, 6.45) is 9.04. The van der Waals surface area contributed by atoms with E-state index in [2.05, 4.69) is 47.9 Å². The van der Waals surface area contributed by atoms with Crippen molar-refractivity contribution in [2.24, 2.45) is 4.99 Å². The van der Waals surface area contributed by atoms with E-state index in [0.29, 0.717) is 0 Å². The van der Waals surface area contributed by atoms with E-state index in [-0.39, 0.29) is 0 Å². The zero-order valence-corrected chi connectivity index (χ0v) is 14.7. The van der Waals surface area contributed by atoms with Crippen LogP contribution in [0.15, 0.2) is 17.3 Å². The van der Waals surface area contributed by atoms with Crippen LogP contribution in [0.1, 0.15) is 40.5 Å². The van der Waals surface area contributed by atoms with Gasteiger partial charge < -0.3 is 0 Å². The number of allylic oxidation sites excluding steroid dienone is 1. The minimum atomic E-state index is -1.44. The SMILES string of the molecule is CC[CH2][In]([CH2]CC)[N](/C=C\C=NCC)CC. The second-order valence-electron chi connectivity index (χ2n) is 4.05. The predicted octanol–water partition coefficient (Wildman–Crippen LogP) is 3.72. The molecule has 92 valence electrons. The van der Waals surface area contributed by atoms with Gasteiger partial charge in [-0.05, 0) is 0 Å². The van der Waals surface area contributed by atoms with E-state index in [1.807, 2.05) is 6.21 Å². The Morgan fingerprint density at radius 3 is 2.12 bits per heavy atom. The molecule has 0 N–H and O–H groups in total. The fourth-order valence-electron chi connectivity index (χ4n) is 1.94. The Bertz CT molecular complexity index is 196. The van der Waals surface area contributed by atoms with Crippen LogP contribution in [-0.4, -0.2) is 43.9 Å². The summed E-state index contributed by atoms with van der Waals surface area (Å²) in [4.78, 5) is 4.21. The van der Waals surface area contributed by atoms with Crippen LogP contribution < -0.4 is 0 Å². The Balaban J connectivity index is 4.28. The van der Waals surface area contributed by atoms with Gasteiger partial charge in [0.1, 0.15) is 0 Å². The van der Waals surface area contributed by atoms with Crippen molar-refractivity contribution in [3.8, 4) is 0 Å². The van der Waals surface area contributed by atoms with Crippen LogP contribution in [0, 0.1) is 0 Å². The van der Waals surface area contributed by atoms with E-state index in [1.54, 1.807) is 0 Å². The number of hydrogen-bond acceptors (Lipinski definition) is 2. The Labute approximate surface area is 110 Å². The van der Waals surface area contributed by atoms with Gasteiger partial charge in [0.25, 0.3) is 0 Å². The summed E-state index contributed by atoms with van der Waals surface area (Å²) in [6, 6.07) is 0. The van der Waals surface area contributed by atoms with Crippen molar-refractivity contribution in [3.05, 3.63) is 12.3 Å². The van der Waals surface area contributed by atoms with Crippen molar-refractivity contribution in [3.63, 3.8) is 0 Å². The van der Waals surface area contributed by atoms with Crippen molar-refractivity contribution in [1.82, 2.24) is 2.89 Å². The third kappa shape index (κ3) is 7.37. The summed E-state index contributed by atoms with van der Waals surface area (Å²) in [5.41, 5.74) is 0. The van der Waals surface area contributed by atoms with E-state index < -0.39 is 21.7 Å². The summed E-state index contributed by atoms with van der Waals surface area (Å²) in [6.45, 7) is 11.0. The number of rotatable bonds is 9. The first-order chi connectivity index (χ1) is 7.79. The first-order valence-corrected chi connectivity index (χ1v) is 12.9. The molecule has 3 heteroatoms. The predicted molar refractivity (Wildman–Crippen MR) is 76.5 cm³/mol. The molecule has 0 radical (unpaired) electrons. The van der Waals surface area contributed by atoms with Crippen LogP contribution in [0.4, 0.5) is 0 Å². The molecule has 0 heterocycles. The van der Waals surface area contributed by atoms with E-state index in [1.165, 1.54) is 27.7 Å². The summed E-state index contributed by atoms with van der Waals surface area (Å²) < 4.78 is 5.65. The number of nitrogens with zero attached hydrogens (tertiary/aromatic N) is 2. The minimum absolute atomic E-state index is 0.882. The topological polar surface area (TPSA) is 15.6 Å². The quantitative estimate of drug-likeness (QED) is 0.590. The molecule has 0 unspecified atom stereocenters. The molecule has 0 rings (SSSR count). The van der Waals surface area contributed by atoms with E-state index in [9.17, 15) is 0 Å². The van der Waals surface area contributed by atoms with E-state index in [4.69, 9.17) is 0 Å². The summed E-state index contributed by atoms with van der Waals surface area (Å²) in [5, 5.41) is 0. The third-order valence-electron chi connectivity index (χ3n) is 2.73. The van der Waals surface area contributed by atoms with Crippen molar-refractivity contribution in [1.29, 1.82) is 0 Å². The molecule has 16 heavy (non-hydrogen) atoms. The van der Waals surface area contributed by atoms with Crippen molar-refractivity contribution >= 4 is 27.9 Å². The van der Waals surface area contributed by atoms with Gasteiger partial charge in [-0.15, -0.1) is 0 Å². The molecular formula is C13H27InN2. The van der Waals surface area contributed by atoms with Gasteiger partial charge in [-0.1, -0.05) is 0 Å². The standard InChI is InChI=1S/C7H13N2.2C3H7.In/c1-3-8-6-5-7-9-4-2;2*1-3-2;/h5-7H,3-4H2,1-2H3;2*1,3H2,2H3;/q-1;;;+1/b6-5-,9-7?;;;. The van der Waals surface area contributed by atoms with Crippen LogP contribution in [-0.2, 0) is 0 Å². The Kier molecular flexibility index (Phi) is 11.6. The second-order valence-corrected chi connectivity index (χ2v) is 13.0. The molecule has 0 aromatic rings. The van der Waals surface area contributed by atoms with Gasteiger partial charge in [0.05, 0.1) is 0 Å². The molecule has 0 fully saturated rings. The van der Waals surface area contributed by atoms with Crippen LogP contribution >= 0.6 is 0 Å². The molecule has 0 spiro atoms. The van der Waals surface area contributed by atoms with Gasteiger partial charge in [-0.2, -0.15) is 0 Å². The molecule has 0 aliphatic rings. The maximum absolute atomic E-state index is 4.21. The monoisotopic (exact) mass is 326 g/mol. The zero-order valence-electron chi connectivity index (χ0n) is 11.4. The fraction of sp³-hybridized carbons (Fsp3) is 0.769. The summed E-state index contributed by atoms with van der Waals surface area (Å²) in [7, 11) is 0. The van der Waals surface area contributed by atoms with Gasteiger partial charge >= 0.3 is 110 Å². The summed E-state index contributed by atoms with van der Waals surface area (Å²) >= 11 is -1.44. The number of aliphatic imine (C=N–C) groups is 1. The Hall–Kier alpha value is 0.0801. The molecule has 0 aromatic heterocycles. The normalized spacial score (nSPS) is 11.5. The first-order valence-electron chi connectivity index (χ1n) is 6.72. The van der Waals surface area contributed by atoms with Crippen LogP contribution in [0.25, 0.3) is 0 Å². The van der Waals surface area contributed by atoms with E-state index >= 15 is 0 Å². The van der Waals surface area contributed by atoms with Gasteiger partial charge in [-0.25, -0.2) is 0 Å². The molecule has 0 aliphatic heterocycles. The second kappa shape index (κ2) is 11.6. The Morgan fingerprint density at radius 1 is 1.06 bits per heavy atom. The molecule has 0 aromatic carbocycles. The van der Waals surface area contributed by atoms with Crippen LogP contribution in [0.3, 0.4) is 0 Å². The van der Waals surface area contributed by atoms with E-state index in [0.717, 1.165) is 6.54 Å². The van der Waals surface area contributed by atoms with Crippen molar-refractivity contribution in [2.45, 2.75) is 48.9 Å². The van der Waals surface area contributed by atoms with Crippen molar-refractivity contribution in [2.75, 3.05) is 13.1 Å². The van der Waals surface area contributed by atoms with Gasteiger partial charge in [0.15, 0.2) is 0 Å². The first kappa shape index (κ1) is 16.1. The molecule has 2 nitrogen and oxygen atoms in total. The molecule has 0 bridgehead atoms. The fourth-order valence-corrected chi connectivity index (χ4v) is 10.9. The Morgan fingerprint density at radius 2 is 1.69 bits per heavy atom. The van der Waals surface area contributed by atoms with Gasteiger partial charge in [0.2, 0.25) is 0 Å². The van der Waals surface area contributed by atoms with Crippen molar-refractivity contribution < 1.29 is 0 Å².